The second-order valence-corrected chi connectivity index (χ2v) is 3.07. The Balaban J connectivity index is 2.50. The molecule has 0 atom stereocenters. The van der Waals surface area contributed by atoms with E-state index in [2.05, 4.69) is 11.4 Å². The minimum absolute atomic E-state index is 0.0421. The summed E-state index contributed by atoms with van der Waals surface area (Å²) < 4.78 is 0. The average molecular weight is 200 g/mol. The van der Waals surface area contributed by atoms with Crippen LogP contribution in [0.1, 0.15) is 18.1 Å². The van der Waals surface area contributed by atoms with Crippen LogP contribution < -0.4 is 5.32 Å². The molecule has 0 radical (unpaired) electrons. The Morgan fingerprint density at radius 2 is 2.13 bits per heavy atom. The fraction of sp³-hybridized carbons (Fsp3) is 0.167. The summed E-state index contributed by atoms with van der Waals surface area (Å²) in [6, 6.07) is 9.31. The normalized spacial score (nSPS) is 9.87. The van der Waals surface area contributed by atoms with Gasteiger partial charge in [-0.25, -0.2) is 0 Å². The molecule has 0 heterocycles. The van der Waals surface area contributed by atoms with E-state index < -0.39 is 0 Å². The number of amides is 1. The maximum absolute atomic E-state index is 10.6. The van der Waals surface area contributed by atoms with Crippen LogP contribution in [0.15, 0.2) is 30.3 Å². The van der Waals surface area contributed by atoms with Gasteiger partial charge in [0.15, 0.2) is 0 Å². The third-order valence-corrected chi connectivity index (χ3v) is 1.82. The van der Waals surface area contributed by atoms with Gasteiger partial charge in [-0.1, -0.05) is 24.3 Å². The molecular weight excluding hydrogens is 188 g/mol. The summed E-state index contributed by atoms with van der Waals surface area (Å²) in [6.45, 7) is 2.00. The first-order valence-corrected chi connectivity index (χ1v) is 4.63. The molecule has 1 rings (SSSR count). The van der Waals surface area contributed by atoms with E-state index in [0.29, 0.717) is 12.1 Å². The van der Waals surface area contributed by atoms with E-state index in [4.69, 9.17) is 5.26 Å². The fourth-order valence-electron chi connectivity index (χ4n) is 1.07. The van der Waals surface area contributed by atoms with Crippen molar-refractivity contribution in [2.24, 2.45) is 0 Å². The van der Waals surface area contributed by atoms with Crippen LogP contribution in [-0.4, -0.2) is 12.5 Å². The fourth-order valence-corrected chi connectivity index (χ4v) is 1.07. The van der Waals surface area contributed by atoms with Crippen LogP contribution in [0.4, 0.5) is 0 Å². The Hall–Kier alpha value is -2.08. The summed E-state index contributed by atoms with van der Waals surface area (Å²) in [6.07, 6.45) is 3.76. The van der Waals surface area contributed by atoms with Gasteiger partial charge < -0.3 is 5.32 Å². The quantitative estimate of drug-likeness (QED) is 0.807. The molecule has 3 nitrogen and oxygen atoms in total. The molecule has 0 aliphatic heterocycles. The number of carbonyl (C=O) groups is 1. The van der Waals surface area contributed by atoms with E-state index in [1.807, 2.05) is 24.3 Å². The lowest BCUT2D eigenvalue weighted by atomic mass is 10.1. The van der Waals surface area contributed by atoms with Crippen LogP contribution in [0.2, 0.25) is 0 Å². The van der Waals surface area contributed by atoms with Gasteiger partial charge in [0.1, 0.15) is 0 Å². The zero-order valence-corrected chi connectivity index (χ0v) is 8.53. The first-order valence-electron chi connectivity index (χ1n) is 4.63. The van der Waals surface area contributed by atoms with Gasteiger partial charge in [0.25, 0.3) is 0 Å². The number of hydrogen-bond donors (Lipinski definition) is 1. The summed E-state index contributed by atoms with van der Waals surface area (Å²) in [5.41, 5.74) is 1.66. The molecule has 15 heavy (non-hydrogen) atoms. The third-order valence-electron chi connectivity index (χ3n) is 1.82. The highest BCUT2D eigenvalue weighted by Crippen LogP contribution is 2.04. The average Bonchev–Trinajstić information content (AvgIpc) is 2.25. The highest BCUT2D eigenvalue weighted by atomic mass is 16.1. The summed E-state index contributed by atoms with van der Waals surface area (Å²) in [5, 5.41) is 11.2. The molecule has 0 saturated heterocycles. The number of carbonyl (C=O) groups excluding carboxylic acids is 1. The van der Waals surface area contributed by atoms with E-state index >= 15 is 0 Å². The predicted molar refractivity (Wildman–Crippen MR) is 58.9 cm³/mol. The standard InChI is InChI=1S/C12H12N2O/c1-10(15)14-8-2-3-11-4-6-12(9-13)7-5-11/h2-7H,8H2,1H3,(H,14,15). The molecule has 3 heteroatoms. The van der Waals surface area contributed by atoms with Crippen molar-refractivity contribution in [2.75, 3.05) is 6.54 Å². The van der Waals surface area contributed by atoms with Crippen LogP contribution in [0.25, 0.3) is 6.08 Å². The topological polar surface area (TPSA) is 52.9 Å². The number of rotatable bonds is 3. The summed E-state index contributed by atoms with van der Waals surface area (Å²) in [5.74, 6) is -0.0421. The Kier molecular flexibility index (Phi) is 4.11. The van der Waals surface area contributed by atoms with Gasteiger partial charge in [0.05, 0.1) is 11.6 Å². The minimum atomic E-state index is -0.0421. The SMILES string of the molecule is CC(=O)NCC=Cc1ccc(C#N)cc1. The Bertz CT molecular complexity index is 399. The van der Waals surface area contributed by atoms with Gasteiger partial charge in [-0.3, -0.25) is 4.79 Å². The van der Waals surface area contributed by atoms with Crippen molar-refractivity contribution in [1.82, 2.24) is 5.32 Å². The molecule has 0 spiro atoms. The van der Waals surface area contributed by atoms with Crippen LogP contribution >= 0.6 is 0 Å². The van der Waals surface area contributed by atoms with Crippen molar-refractivity contribution in [3.05, 3.63) is 41.5 Å². The van der Waals surface area contributed by atoms with E-state index in [9.17, 15) is 4.79 Å². The molecule has 0 aromatic heterocycles. The van der Waals surface area contributed by atoms with E-state index in [-0.39, 0.29) is 5.91 Å². The number of benzene rings is 1. The monoisotopic (exact) mass is 200 g/mol. The molecule has 0 unspecified atom stereocenters. The molecule has 1 N–H and O–H groups in total. The minimum Gasteiger partial charge on any atom is -0.353 e. The van der Waals surface area contributed by atoms with E-state index in [0.717, 1.165) is 5.56 Å². The highest BCUT2D eigenvalue weighted by Gasteiger charge is 1.89. The van der Waals surface area contributed by atoms with Gasteiger partial charge >= 0.3 is 0 Å². The van der Waals surface area contributed by atoms with Crippen molar-refractivity contribution in [2.45, 2.75) is 6.92 Å². The second-order valence-electron chi connectivity index (χ2n) is 3.07. The van der Waals surface area contributed by atoms with Crippen molar-refractivity contribution in [1.29, 1.82) is 5.26 Å². The number of nitrogens with one attached hydrogen (secondary N) is 1. The maximum Gasteiger partial charge on any atom is 0.217 e. The lowest BCUT2D eigenvalue weighted by Gasteiger charge is -1.95. The van der Waals surface area contributed by atoms with Crippen molar-refractivity contribution in [3.8, 4) is 6.07 Å². The van der Waals surface area contributed by atoms with Gasteiger partial charge in [0, 0.05) is 13.5 Å². The number of nitrogens with zero attached hydrogens (tertiary/aromatic N) is 1. The van der Waals surface area contributed by atoms with Gasteiger partial charge in [-0.15, -0.1) is 0 Å². The van der Waals surface area contributed by atoms with E-state index in [1.54, 1.807) is 12.1 Å². The Labute approximate surface area is 89.0 Å². The van der Waals surface area contributed by atoms with Gasteiger partial charge in [-0.2, -0.15) is 5.26 Å². The maximum atomic E-state index is 10.6. The van der Waals surface area contributed by atoms with Gasteiger partial charge in [0.2, 0.25) is 5.91 Å². The van der Waals surface area contributed by atoms with Crippen molar-refractivity contribution >= 4 is 12.0 Å². The molecule has 1 aromatic carbocycles. The molecule has 0 saturated carbocycles. The Morgan fingerprint density at radius 3 is 2.67 bits per heavy atom. The third kappa shape index (κ3) is 4.10. The predicted octanol–water partition coefficient (Wildman–Crippen LogP) is 1.71. The smallest absolute Gasteiger partial charge is 0.217 e. The van der Waals surface area contributed by atoms with Crippen LogP contribution in [-0.2, 0) is 4.79 Å². The van der Waals surface area contributed by atoms with Crippen LogP contribution in [0, 0.1) is 11.3 Å². The summed E-state index contributed by atoms with van der Waals surface area (Å²) in [4.78, 5) is 10.6. The van der Waals surface area contributed by atoms with Crippen molar-refractivity contribution < 1.29 is 4.79 Å². The lowest BCUT2D eigenvalue weighted by molar-refractivity contribution is -0.118. The molecule has 76 valence electrons. The molecular formula is C12H12N2O. The second kappa shape index (κ2) is 5.61. The van der Waals surface area contributed by atoms with E-state index in [1.165, 1.54) is 6.92 Å². The zero-order valence-electron chi connectivity index (χ0n) is 8.53. The lowest BCUT2D eigenvalue weighted by Crippen LogP contribution is -2.19. The van der Waals surface area contributed by atoms with Crippen molar-refractivity contribution in [3.63, 3.8) is 0 Å². The Morgan fingerprint density at radius 1 is 1.47 bits per heavy atom. The molecule has 0 fully saturated rings. The highest BCUT2D eigenvalue weighted by molar-refractivity contribution is 5.73. The summed E-state index contributed by atoms with van der Waals surface area (Å²) in [7, 11) is 0. The first kappa shape index (κ1) is 11.0. The van der Waals surface area contributed by atoms with Crippen LogP contribution in [0.3, 0.4) is 0 Å². The molecule has 0 aliphatic carbocycles. The molecule has 0 aliphatic rings. The zero-order chi connectivity index (χ0) is 11.1. The largest absolute Gasteiger partial charge is 0.353 e. The molecule has 1 amide bonds. The molecule has 0 bridgehead atoms. The van der Waals surface area contributed by atoms with Gasteiger partial charge in [-0.05, 0) is 17.7 Å². The summed E-state index contributed by atoms with van der Waals surface area (Å²) >= 11 is 0. The molecule has 1 aromatic rings. The first-order chi connectivity index (χ1) is 7.22. The van der Waals surface area contributed by atoms with Crippen LogP contribution in [0.5, 0.6) is 0 Å². The number of hydrogen-bond acceptors (Lipinski definition) is 2. The number of nitriles is 1.